The van der Waals surface area contributed by atoms with Crippen LogP contribution in [0.5, 0.6) is 0 Å². The van der Waals surface area contributed by atoms with Gasteiger partial charge in [-0.05, 0) is 55.8 Å². The van der Waals surface area contributed by atoms with Gasteiger partial charge < -0.3 is 5.11 Å². The van der Waals surface area contributed by atoms with E-state index in [2.05, 4.69) is 6.92 Å². The van der Waals surface area contributed by atoms with E-state index in [4.69, 9.17) is 0 Å². The molecule has 1 nitrogen and oxygen atoms in total. The molecule has 0 spiro atoms. The Kier molecular flexibility index (Phi) is 4.84. The van der Waals surface area contributed by atoms with Crippen molar-refractivity contribution in [3.8, 4) is 0 Å². The molecule has 1 N–H and O–H groups in total. The van der Waals surface area contributed by atoms with E-state index in [0.717, 1.165) is 32.1 Å². The average Bonchev–Trinajstić information content (AvgIpc) is 2.54. The van der Waals surface area contributed by atoms with Crippen LogP contribution in [0.2, 0.25) is 0 Å². The van der Waals surface area contributed by atoms with E-state index >= 15 is 0 Å². The molecule has 0 saturated heterocycles. The third-order valence-corrected chi connectivity index (χ3v) is 5.08. The molecule has 2 aliphatic rings. The zero-order valence-electron chi connectivity index (χ0n) is 11.1. The van der Waals surface area contributed by atoms with E-state index in [-0.39, 0.29) is 0 Å². The van der Waals surface area contributed by atoms with Gasteiger partial charge >= 0.3 is 0 Å². The molecule has 100 valence electrons. The van der Waals surface area contributed by atoms with Crippen LogP contribution < -0.4 is 0 Å². The van der Waals surface area contributed by atoms with Gasteiger partial charge in [-0.15, -0.1) is 0 Å². The third kappa shape index (κ3) is 3.43. The Hall–Kier alpha value is -0.110. The molecule has 2 saturated carbocycles. The van der Waals surface area contributed by atoms with Gasteiger partial charge in [-0.2, -0.15) is 0 Å². The van der Waals surface area contributed by atoms with E-state index in [1.54, 1.807) is 0 Å². The summed E-state index contributed by atoms with van der Waals surface area (Å²) >= 11 is 0. The number of rotatable bonds is 2. The molecule has 2 aliphatic carbocycles. The predicted octanol–water partition coefficient (Wildman–Crippen LogP) is 3.95. The van der Waals surface area contributed by atoms with Crippen molar-refractivity contribution in [2.24, 2.45) is 23.7 Å². The third-order valence-electron chi connectivity index (χ3n) is 5.08. The quantitative estimate of drug-likeness (QED) is 0.727. The number of halogens is 1. The molecule has 0 aromatic rings. The topological polar surface area (TPSA) is 20.2 Å². The summed E-state index contributed by atoms with van der Waals surface area (Å²) in [6, 6.07) is 0. The summed E-state index contributed by atoms with van der Waals surface area (Å²) in [4.78, 5) is 0. The summed E-state index contributed by atoms with van der Waals surface area (Å²) in [7, 11) is 0. The van der Waals surface area contributed by atoms with Crippen LogP contribution in [0.3, 0.4) is 0 Å². The lowest BCUT2D eigenvalue weighted by Gasteiger charge is -2.35. The summed E-state index contributed by atoms with van der Waals surface area (Å²) in [5.41, 5.74) is 0. The van der Waals surface area contributed by atoms with Gasteiger partial charge in [-0.25, -0.2) is 4.39 Å². The zero-order valence-corrected chi connectivity index (χ0v) is 11.1. The molecule has 0 aromatic heterocycles. The Labute approximate surface area is 105 Å². The minimum Gasteiger partial charge on any atom is -0.396 e. The summed E-state index contributed by atoms with van der Waals surface area (Å²) in [6.45, 7) is 2.51. The van der Waals surface area contributed by atoms with Crippen molar-refractivity contribution in [1.82, 2.24) is 0 Å². The van der Waals surface area contributed by atoms with E-state index in [1.807, 2.05) is 0 Å². The lowest BCUT2D eigenvalue weighted by atomic mass is 9.72. The highest BCUT2D eigenvalue weighted by molar-refractivity contribution is 4.85. The molecular formula is C15H27FO. The number of aliphatic hydroxyl groups is 1. The number of hydrogen-bond donors (Lipinski definition) is 1. The number of alkyl halides is 1. The van der Waals surface area contributed by atoms with Crippen LogP contribution >= 0.6 is 0 Å². The molecule has 0 heterocycles. The molecule has 0 aromatic carbocycles. The van der Waals surface area contributed by atoms with Gasteiger partial charge in [0.1, 0.15) is 6.17 Å². The Morgan fingerprint density at radius 2 is 1.88 bits per heavy atom. The minimum atomic E-state index is -0.561. The Balaban J connectivity index is 1.88. The SMILES string of the molecule is CC1CCC(C2CCCC(CO)CC2)C(F)C1. The van der Waals surface area contributed by atoms with Crippen LogP contribution in [0.25, 0.3) is 0 Å². The first kappa shape index (κ1) is 13.3. The number of hydrogen-bond acceptors (Lipinski definition) is 1. The molecule has 0 bridgehead atoms. The fraction of sp³-hybridized carbons (Fsp3) is 1.00. The molecular weight excluding hydrogens is 215 g/mol. The highest BCUT2D eigenvalue weighted by Crippen LogP contribution is 2.41. The van der Waals surface area contributed by atoms with Crippen LogP contribution in [-0.2, 0) is 0 Å². The highest BCUT2D eigenvalue weighted by atomic mass is 19.1. The fourth-order valence-corrected chi connectivity index (χ4v) is 3.88. The first-order valence-corrected chi connectivity index (χ1v) is 7.45. The van der Waals surface area contributed by atoms with Gasteiger partial charge in [-0.1, -0.05) is 26.2 Å². The highest BCUT2D eigenvalue weighted by Gasteiger charge is 2.35. The molecule has 0 amide bonds. The lowest BCUT2D eigenvalue weighted by molar-refractivity contribution is 0.0799. The van der Waals surface area contributed by atoms with Crippen LogP contribution in [-0.4, -0.2) is 17.9 Å². The largest absolute Gasteiger partial charge is 0.396 e. The molecule has 2 fully saturated rings. The monoisotopic (exact) mass is 242 g/mol. The smallest absolute Gasteiger partial charge is 0.103 e. The van der Waals surface area contributed by atoms with Crippen LogP contribution in [0.1, 0.15) is 58.3 Å². The first-order chi connectivity index (χ1) is 8.20. The van der Waals surface area contributed by atoms with E-state index < -0.39 is 6.17 Å². The van der Waals surface area contributed by atoms with Crippen molar-refractivity contribution in [2.75, 3.05) is 6.61 Å². The first-order valence-electron chi connectivity index (χ1n) is 7.45. The maximum absolute atomic E-state index is 14.1. The van der Waals surface area contributed by atoms with Gasteiger partial charge in [0.2, 0.25) is 0 Å². The second kappa shape index (κ2) is 6.17. The fourth-order valence-electron chi connectivity index (χ4n) is 3.88. The van der Waals surface area contributed by atoms with Crippen LogP contribution in [0.4, 0.5) is 4.39 Å². The van der Waals surface area contributed by atoms with Crippen LogP contribution in [0, 0.1) is 23.7 Å². The standard InChI is InChI=1S/C15H27FO/c1-11-5-8-14(15(16)9-11)13-4-2-3-12(10-17)6-7-13/h11-15,17H,2-10H2,1H3. The summed E-state index contributed by atoms with van der Waals surface area (Å²) in [5.74, 6) is 1.98. The Morgan fingerprint density at radius 1 is 1.06 bits per heavy atom. The molecule has 17 heavy (non-hydrogen) atoms. The van der Waals surface area contributed by atoms with Crippen molar-refractivity contribution in [2.45, 2.75) is 64.5 Å². The minimum absolute atomic E-state index is 0.323. The summed E-state index contributed by atoms with van der Waals surface area (Å²) < 4.78 is 14.1. The summed E-state index contributed by atoms with van der Waals surface area (Å²) in [5, 5.41) is 9.23. The molecule has 5 atom stereocenters. The van der Waals surface area contributed by atoms with Crippen LogP contribution in [0.15, 0.2) is 0 Å². The van der Waals surface area contributed by atoms with Crippen molar-refractivity contribution in [3.05, 3.63) is 0 Å². The van der Waals surface area contributed by atoms with Crippen molar-refractivity contribution in [3.63, 3.8) is 0 Å². The maximum Gasteiger partial charge on any atom is 0.103 e. The normalized spacial score (nSPS) is 44.3. The van der Waals surface area contributed by atoms with Gasteiger partial charge in [-0.3, -0.25) is 0 Å². The van der Waals surface area contributed by atoms with Crippen molar-refractivity contribution in [1.29, 1.82) is 0 Å². The molecule has 2 rings (SSSR count). The van der Waals surface area contributed by atoms with Crippen molar-refractivity contribution < 1.29 is 9.50 Å². The second-order valence-corrected chi connectivity index (χ2v) is 6.42. The van der Waals surface area contributed by atoms with Gasteiger partial charge in [0.15, 0.2) is 0 Å². The van der Waals surface area contributed by atoms with Crippen molar-refractivity contribution >= 4 is 0 Å². The Morgan fingerprint density at radius 3 is 2.59 bits per heavy atom. The van der Waals surface area contributed by atoms with E-state index in [9.17, 15) is 9.50 Å². The van der Waals surface area contributed by atoms with Gasteiger partial charge in [0, 0.05) is 6.61 Å². The Bertz CT molecular complexity index is 231. The van der Waals surface area contributed by atoms with E-state index in [0.29, 0.717) is 30.3 Å². The second-order valence-electron chi connectivity index (χ2n) is 6.42. The summed E-state index contributed by atoms with van der Waals surface area (Å²) in [6.07, 6.45) is 8.31. The predicted molar refractivity (Wildman–Crippen MR) is 68.6 cm³/mol. The average molecular weight is 242 g/mol. The molecule has 0 aliphatic heterocycles. The number of aliphatic hydroxyl groups excluding tert-OH is 1. The van der Waals surface area contributed by atoms with E-state index in [1.165, 1.54) is 19.3 Å². The van der Waals surface area contributed by atoms with Gasteiger partial charge in [0.05, 0.1) is 0 Å². The van der Waals surface area contributed by atoms with Gasteiger partial charge in [0.25, 0.3) is 0 Å². The molecule has 5 unspecified atom stereocenters. The lowest BCUT2D eigenvalue weighted by Crippen LogP contribution is -2.31. The maximum atomic E-state index is 14.1. The molecule has 2 heteroatoms. The zero-order chi connectivity index (χ0) is 12.3. The molecule has 0 radical (unpaired) electrons.